The number of hydrogen-bond acceptors (Lipinski definition) is 7. The Morgan fingerprint density at radius 3 is 2.82 bits per heavy atom. The molecular formula is C24H24BrN5O3. The van der Waals surface area contributed by atoms with Crippen LogP contribution < -0.4 is 5.73 Å². The number of benzene rings is 1. The average molecular weight is 510 g/mol. The van der Waals surface area contributed by atoms with Crippen LogP contribution in [0, 0.1) is 0 Å². The molecule has 0 spiro atoms. The van der Waals surface area contributed by atoms with Gasteiger partial charge in [-0.1, -0.05) is 12.1 Å². The fraction of sp³-hybridized carbons (Fsp3) is 0.375. The summed E-state index contributed by atoms with van der Waals surface area (Å²) in [4.78, 5) is 13.1. The number of pyridine rings is 1. The van der Waals surface area contributed by atoms with E-state index in [0.717, 1.165) is 39.3 Å². The average Bonchev–Trinajstić information content (AvgIpc) is 3.44. The van der Waals surface area contributed by atoms with Crippen molar-refractivity contribution in [1.82, 2.24) is 19.5 Å². The van der Waals surface area contributed by atoms with Crippen molar-refractivity contribution in [2.24, 2.45) is 0 Å². The molecule has 2 N–H and O–H groups in total. The number of nitrogen functional groups attached to an aromatic ring is 1. The van der Waals surface area contributed by atoms with Gasteiger partial charge in [0, 0.05) is 22.3 Å². The molecule has 5 heterocycles. The van der Waals surface area contributed by atoms with E-state index in [4.69, 9.17) is 19.9 Å². The van der Waals surface area contributed by atoms with Gasteiger partial charge in [0.15, 0.2) is 12.0 Å². The number of aromatic nitrogens is 4. The van der Waals surface area contributed by atoms with Crippen molar-refractivity contribution in [3.63, 3.8) is 0 Å². The Morgan fingerprint density at radius 1 is 1.09 bits per heavy atom. The highest BCUT2D eigenvalue weighted by molar-refractivity contribution is 9.10. The van der Waals surface area contributed by atoms with E-state index < -0.39 is 5.79 Å². The lowest BCUT2D eigenvalue weighted by molar-refractivity contribution is -0.196. The zero-order valence-corrected chi connectivity index (χ0v) is 19.9. The van der Waals surface area contributed by atoms with Crippen molar-refractivity contribution in [2.45, 2.75) is 57.0 Å². The van der Waals surface area contributed by atoms with Gasteiger partial charge >= 0.3 is 0 Å². The highest BCUT2D eigenvalue weighted by Gasteiger charge is 2.55. The van der Waals surface area contributed by atoms with Gasteiger partial charge in [0.2, 0.25) is 0 Å². The van der Waals surface area contributed by atoms with E-state index in [0.29, 0.717) is 5.82 Å². The Kier molecular flexibility index (Phi) is 4.91. The SMILES string of the molecule is CC1(C)O[C@@H]2[C@H](O1)[C@@H](CCc1ccc3cc(Br)cnc3c1)O[C@H]2n1ccc2c(N)ncnc21. The molecule has 0 amide bonds. The first-order chi connectivity index (χ1) is 15.9. The Bertz CT molecular complexity index is 1360. The van der Waals surface area contributed by atoms with Crippen molar-refractivity contribution >= 4 is 43.7 Å². The summed E-state index contributed by atoms with van der Waals surface area (Å²) in [6.45, 7) is 3.89. The van der Waals surface area contributed by atoms with Gasteiger partial charge in [-0.05, 0) is 66.4 Å². The number of aryl methyl sites for hydroxylation is 1. The van der Waals surface area contributed by atoms with Crippen LogP contribution in [0.3, 0.4) is 0 Å². The van der Waals surface area contributed by atoms with Crippen molar-refractivity contribution in [2.75, 3.05) is 5.73 Å². The minimum Gasteiger partial charge on any atom is -0.383 e. The number of rotatable bonds is 4. The summed E-state index contributed by atoms with van der Waals surface area (Å²) < 4.78 is 22.1. The number of hydrogen-bond donors (Lipinski definition) is 1. The zero-order valence-electron chi connectivity index (χ0n) is 18.3. The summed E-state index contributed by atoms with van der Waals surface area (Å²) in [6.07, 6.45) is 5.99. The molecule has 4 aromatic rings. The molecule has 8 nitrogen and oxygen atoms in total. The molecule has 33 heavy (non-hydrogen) atoms. The van der Waals surface area contributed by atoms with Crippen LogP contribution in [0.5, 0.6) is 0 Å². The van der Waals surface area contributed by atoms with Crippen LogP contribution in [-0.2, 0) is 20.6 Å². The standard InChI is InChI=1S/C24H24BrN5O3/c1-24(2)32-19-18(6-4-13-3-5-14-10-15(25)11-27-17(14)9-13)31-23(20(19)33-24)30-8-7-16-21(26)28-12-29-22(16)30/h3,5,7-12,18-20,23H,4,6H2,1-2H3,(H2,26,28,29)/t18-,19-,20-,23-/m1/s1. The third-order valence-electron chi connectivity index (χ3n) is 6.37. The van der Waals surface area contributed by atoms with Gasteiger partial charge in [-0.25, -0.2) is 9.97 Å². The summed E-state index contributed by atoms with van der Waals surface area (Å²) in [5.41, 5.74) is 8.96. The number of ether oxygens (including phenoxy) is 3. The Labute approximate surface area is 199 Å². The lowest BCUT2D eigenvalue weighted by atomic mass is 10.0. The predicted octanol–water partition coefficient (Wildman–Crippen LogP) is 4.37. The molecule has 1 aromatic carbocycles. The number of halogens is 1. The van der Waals surface area contributed by atoms with Crippen molar-refractivity contribution in [3.05, 3.63) is 59.1 Å². The fourth-order valence-corrected chi connectivity index (χ4v) is 5.26. The molecule has 9 heteroatoms. The monoisotopic (exact) mass is 509 g/mol. The maximum atomic E-state index is 6.53. The van der Waals surface area contributed by atoms with Crippen LogP contribution >= 0.6 is 15.9 Å². The molecule has 0 bridgehead atoms. The van der Waals surface area contributed by atoms with Crippen LogP contribution in [-0.4, -0.2) is 43.6 Å². The second-order valence-electron chi connectivity index (χ2n) is 9.07. The molecule has 6 rings (SSSR count). The summed E-state index contributed by atoms with van der Waals surface area (Å²) in [7, 11) is 0. The van der Waals surface area contributed by atoms with E-state index in [2.05, 4.69) is 55.1 Å². The number of nitrogens with zero attached hydrogens (tertiary/aromatic N) is 4. The third-order valence-corrected chi connectivity index (χ3v) is 6.81. The predicted molar refractivity (Wildman–Crippen MR) is 127 cm³/mol. The summed E-state index contributed by atoms with van der Waals surface area (Å²) in [5, 5.41) is 1.91. The molecule has 0 saturated carbocycles. The van der Waals surface area contributed by atoms with E-state index in [9.17, 15) is 0 Å². The van der Waals surface area contributed by atoms with Gasteiger partial charge in [0.1, 0.15) is 30.0 Å². The maximum absolute atomic E-state index is 6.53. The van der Waals surface area contributed by atoms with Crippen LogP contribution in [0.4, 0.5) is 5.82 Å². The Morgan fingerprint density at radius 2 is 1.94 bits per heavy atom. The van der Waals surface area contributed by atoms with Gasteiger partial charge in [-0.15, -0.1) is 0 Å². The highest BCUT2D eigenvalue weighted by atomic mass is 79.9. The third kappa shape index (κ3) is 3.69. The van der Waals surface area contributed by atoms with E-state index in [1.54, 1.807) is 0 Å². The van der Waals surface area contributed by atoms with Gasteiger partial charge in [-0.3, -0.25) is 4.98 Å². The first kappa shape index (κ1) is 21.0. The highest BCUT2D eigenvalue weighted by Crippen LogP contribution is 2.45. The van der Waals surface area contributed by atoms with Crippen LogP contribution in [0.1, 0.15) is 32.1 Å². The molecule has 170 valence electrons. The Balaban J connectivity index is 1.27. The lowest BCUT2D eigenvalue weighted by Gasteiger charge is -2.25. The van der Waals surface area contributed by atoms with E-state index >= 15 is 0 Å². The summed E-state index contributed by atoms with van der Waals surface area (Å²) in [5.74, 6) is -0.224. The minimum atomic E-state index is -0.674. The van der Waals surface area contributed by atoms with E-state index in [-0.39, 0.29) is 24.5 Å². The van der Waals surface area contributed by atoms with E-state index in [1.807, 2.05) is 36.9 Å². The van der Waals surface area contributed by atoms with Gasteiger partial charge < -0.3 is 24.5 Å². The van der Waals surface area contributed by atoms with Gasteiger partial charge in [0.05, 0.1) is 17.0 Å². The Hall–Kier alpha value is -2.59. The minimum absolute atomic E-state index is 0.119. The quantitative estimate of drug-likeness (QED) is 0.435. The largest absolute Gasteiger partial charge is 0.383 e. The van der Waals surface area contributed by atoms with Crippen molar-refractivity contribution < 1.29 is 14.2 Å². The summed E-state index contributed by atoms with van der Waals surface area (Å²) >= 11 is 3.48. The first-order valence-electron chi connectivity index (χ1n) is 11.0. The second-order valence-corrected chi connectivity index (χ2v) is 9.98. The number of anilines is 1. The topological polar surface area (TPSA) is 97.3 Å². The van der Waals surface area contributed by atoms with Crippen LogP contribution in [0.25, 0.3) is 21.9 Å². The summed E-state index contributed by atoms with van der Waals surface area (Å²) in [6, 6.07) is 10.4. The molecule has 0 radical (unpaired) electrons. The molecule has 4 atom stereocenters. The molecule has 2 fully saturated rings. The maximum Gasteiger partial charge on any atom is 0.164 e. The zero-order chi connectivity index (χ0) is 22.7. The van der Waals surface area contributed by atoms with Crippen LogP contribution in [0.15, 0.2) is 53.5 Å². The van der Waals surface area contributed by atoms with Crippen LogP contribution in [0.2, 0.25) is 0 Å². The normalized spacial score (nSPS) is 26.3. The molecule has 2 aliphatic rings. The van der Waals surface area contributed by atoms with E-state index in [1.165, 1.54) is 11.9 Å². The molecule has 0 aliphatic carbocycles. The molecule has 0 unspecified atom stereocenters. The van der Waals surface area contributed by atoms with Crippen molar-refractivity contribution in [3.8, 4) is 0 Å². The molecule has 2 saturated heterocycles. The van der Waals surface area contributed by atoms with Gasteiger partial charge in [0.25, 0.3) is 0 Å². The van der Waals surface area contributed by atoms with Crippen molar-refractivity contribution in [1.29, 1.82) is 0 Å². The molecule has 2 aliphatic heterocycles. The lowest BCUT2D eigenvalue weighted by Crippen LogP contribution is -2.29. The number of fused-ring (bicyclic) bond motifs is 3. The number of nitrogens with two attached hydrogens (primary N) is 1. The molecular weight excluding hydrogens is 486 g/mol. The first-order valence-corrected chi connectivity index (χ1v) is 11.8. The second kappa shape index (κ2) is 7.73. The molecule has 3 aromatic heterocycles. The smallest absolute Gasteiger partial charge is 0.164 e. The fourth-order valence-electron chi connectivity index (χ4n) is 4.92. The van der Waals surface area contributed by atoms with Gasteiger partial charge in [-0.2, -0.15) is 0 Å².